The molecule has 3 heteroatoms. The summed E-state index contributed by atoms with van der Waals surface area (Å²) in [6.45, 7) is 6.33. The van der Waals surface area contributed by atoms with Crippen molar-refractivity contribution < 1.29 is 9.13 Å². The van der Waals surface area contributed by atoms with E-state index in [2.05, 4.69) is 30.0 Å². The third-order valence-corrected chi connectivity index (χ3v) is 6.73. The molecular weight excluding hydrogens is 361 g/mol. The molecular formula is C26H34FNO. The van der Waals surface area contributed by atoms with E-state index in [1.54, 1.807) is 12.1 Å². The third kappa shape index (κ3) is 5.19. The molecule has 0 unspecified atom stereocenters. The van der Waals surface area contributed by atoms with Gasteiger partial charge in [0.25, 0.3) is 0 Å². The summed E-state index contributed by atoms with van der Waals surface area (Å²) in [7, 11) is 0. The van der Waals surface area contributed by atoms with Gasteiger partial charge < -0.3 is 9.64 Å². The number of benzene rings is 2. The lowest BCUT2D eigenvalue weighted by Crippen LogP contribution is -2.42. The van der Waals surface area contributed by atoms with Crippen LogP contribution in [0.5, 0.6) is 5.75 Å². The highest BCUT2D eigenvalue weighted by atomic mass is 19.1. The maximum atomic E-state index is 13.4. The molecule has 2 nitrogen and oxygen atoms in total. The molecule has 1 fully saturated rings. The number of aryl methyl sites for hydroxylation is 2. The molecule has 0 radical (unpaired) electrons. The standard InChI is InChI=1S/C26H34FNO/c1-2-3-15-28-16-14-26(21-8-11-24(27)12-9-21)23(18-28)19-29-25-13-10-20-6-4-5-7-22(20)17-25/h8-13,17,23,26H,2-7,14-16,18-19H2,1H3/t23-,26-/m0/s1. The molecule has 1 aliphatic heterocycles. The lowest BCUT2D eigenvalue weighted by atomic mass is 9.80. The number of piperidine rings is 1. The molecule has 4 rings (SSSR count). The molecule has 2 atom stereocenters. The largest absolute Gasteiger partial charge is 0.493 e. The van der Waals surface area contributed by atoms with Crippen molar-refractivity contribution in [3.63, 3.8) is 0 Å². The molecule has 1 saturated heterocycles. The molecule has 1 aliphatic carbocycles. The average Bonchev–Trinajstić information content (AvgIpc) is 2.77. The number of likely N-dealkylation sites (tertiary alicyclic amines) is 1. The van der Waals surface area contributed by atoms with E-state index in [-0.39, 0.29) is 5.82 Å². The first-order valence-electron chi connectivity index (χ1n) is 11.5. The number of hydrogen-bond donors (Lipinski definition) is 0. The van der Waals surface area contributed by atoms with Gasteiger partial charge >= 0.3 is 0 Å². The van der Waals surface area contributed by atoms with Crippen molar-refractivity contribution in [2.75, 3.05) is 26.2 Å². The number of nitrogens with zero attached hydrogens (tertiary/aromatic N) is 1. The van der Waals surface area contributed by atoms with E-state index in [0.29, 0.717) is 11.8 Å². The summed E-state index contributed by atoms with van der Waals surface area (Å²) in [4.78, 5) is 2.59. The van der Waals surface area contributed by atoms with Crippen molar-refractivity contribution in [1.82, 2.24) is 4.90 Å². The predicted molar refractivity (Wildman–Crippen MR) is 117 cm³/mol. The molecule has 2 aromatic carbocycles. The van der Waals surface area contributed by atoms with Crippen molar-refractivity contribution in [2.45, 2.75) is 57.8 Å². The van der Waals surface area contributed by atoms with Crippen LogP contribution in [0.2, 0.25) is 0 Å². The fraction of sp³-hybridized carbons (Fsp3) is 0.538. The molecule has 0 saturated carbocycles. The number of fused-ring (bicyclic) bond motifs is 1. The maximum absolute atomic E-state index is 13.4. The van der Waals surface area contributed by atoms with Crippen molar-refractivity contribution in [3.05, 3.63) is 65.0 Å². The summed E-state index contributed by atoms with van der Waals surface area (Å²) in [5.41, 5.74) is 4.22. The minimum Gasteiger partial charge on any atom is -0.493 e. The van der Waals surface area contributed by atoms with Crippen LogP contribution < -0.4 is 4.74 Å². The minimum atomic E-state index is -0.156. The van der Waals surface area contributed by atoms with Crippen LogP contribution in [0.15, 0.2) is 42.5 Å². The van der Waals surface area contributed by atoms with Crippen LogP contribution in [0.3, 0.4) is 0 Å². The fourth-order valence-electron chi connectivity index (χ4n) is 5.01. The minimum absolute atomic E-state index is 0.156. The summed E-state index contributed by atoms with van der Waals surface area (Å²) >= 11 is 0. The van der Waals surface area contributed by atoms with E-state index >= 15 is 0 Å². The van der Waals surface area contributed by atoms with Gasteiger partial charge in [0.1, 0.15) is 11.6 Å². The van der Waals surface area contributed by atoms with Gasteiger partial charge in [-0.05, 0) is 98.5 Å². The van der Waals surface area contributed by atoms with Crippen LogP contribution in [0.25, 0.3) is 0 Å². The van der Waals surface area contributed by atoms with E-state index in [0.717, 1.165) is 31.9 Å². The van der Waals surface area contributed by atoms with Gasteiger partial charge in [0.2, 0.25) is 0 Å². The number of unbranched alkanes of at least 4 members (excludes halogenated alkanes) is 1. The Bertz CT molecular complexity index is 788. The smallest absolute Gasteiger partial charge is 0.123 e. The van der Waals surface area contributed by atoms with Crippen LogP contribution in [-0.2, 0) is 12.8 Å². The van der Waals surface area contributed by atoms with Gasteiger partial charge in [-0.1, -0.05) is 31.5 Å². The molecule has 0 aromatic heterocycles. The maximum Gasteiger partial charge on any atom is 0.123 e. The summed E-state index contributed by atoms with van der Waals surface area (Å²) < 4.78 is 19.8. The highest BCUT2D eigenvalue weighted by Crippen LogP contribution is 2.34. The van der Waals surface area contributed by atoms with Crippen molar-refractivity contribution >= 4 is 0 Å². The molecule has 2 aromatic rings. The van der Waals surface area contributed by atoms with Gasteiger partial charge in [0, 0.05) is 12.5 Å². The summed E-state index contributed by atoms with van der Waals surface area (Å²) in [5.74, 6) is 1.72. The number of hydrogen-bond acceptors (Lipinski definition) is 2. The van der Waals surface area contributed by atoms with E-state index in [4.69, 9.17) is 4.74 Å². The molecule has 29 heavy (non-hydrogen) atoms. The van der Waals surface area contributed by atoms with Crippen LogP contribution in [0.1, 0.15) is 61.6 Å². The van der Waals surface area contributed by atoms with E-state index in [1.807, 2.05) is 12.1 Å². The number of halogens is 1. The zero-order valence-corrected chi connectivity index (χ0v) is 17.7. The SMILES string of the molecule is CCCCN1CC[C@@H](c2ccc(F)cc2)[C@H](COc2ccc3c(c2)CCCC3)C1. The third-order valence-electron chi connectivity index (χ3n) is 6.73. The second kappa shape index (κ2) is 9.75. The van der Waals surface area contributed by atoms with E-state index in [9.17, 15) is 4.39 Å². The van der Waals surface area contributed by atoms with Gasteiger partial charge in [-0.3, -0.25) is 0 Å². The molecule has 1 heterocycles. The van der Waals surface area contributed by atoms with Gasteiger partial charge in [0.15, 0.2) is 0 Å². The van der Waals surface area contributed by atoms with Crippen molar-refractivity contribution in [1.29, 1.82) is 0 Å². The second-order valence-electron chi connectivity index (χ2n) is 8.81. The van der Waals surface area contributed by atoms with Gasteiger partial charge in [-0.25, -0.2) is 4.39 Å². The summed E-state index contributed by atoms with van der Waals surface area (Å²) in [6, 6.07) is 13.8. The topological polar surface area (TPSA) is 12.5 Å². The van der Waals surface area contributed by atoms with Crippen LogP contribution >= 0.6 is 0 Å². The lowest BCUT2D eigenvalue weighted by Gasteiger charge is -2.39. The molecule has 2 aliphatic rings. The molecule has 156 valence electrons. The van der Waals surface area contributed by atoms with E-state index in [1.165, 1.54) is 61.8 Å². The van der Waals surface area contributed by atoms with Crippen LogP contribution in [0.4, 0.5) is 4.39 Å². The Morgan fingerprint density at radius 1 is 1.03 bits per heavy atom. The Morgan fingerprint density at radius 3 is 2.62 bits per heavy atom. The lowest BCUT2D eigenvalue weighted by molar-refractivity contribution is 0.110. The summed E-state index contributed by atoms with van der Waals surface area (Å²) in [5, 5.41) is 0. The van der Waals surface area contributed by atoms with Gasteiger partial charge in [0.05, 0.1) is 6.61 Å². The Balaban J connectivity index is 1.46. The fourth-order valence-corrected chi connectivity index (χ4v) is 5.01. The highest BCUT2D eigenvalue weighted by Gasteiger charge is 2.30. The molecule has 0 bridgehead atoms. The van der Waals surface area contributed by atoms with E-state index < -0.39 is 0 Å². The molecule has 0 spiro atoms. The first-order valence-corrected chi connectivity index (χ1v) is 11.5. The Labute approximate surface area is 175 Å². The van der Waals surface area contributed by atoms with Crippen LogP contribution in [-0.4, -0.2) is 31.1 Å². The zero-order chi connectivity index (χ0) is 20.1. The Morgan fingerprint density at radius 2 is 1.83 bits per heavy atom. The zero-order valence-electron chi connectivity index (χ0n) is 17.7. The first-order chi connectivity index (χ1) is 14.2. The Kier molecular flexibility index (Phi) is 6.86. The monoisotopic (exact) mass is 395 g/mol. The number of ether oxygens (including phenoxy) is 1. The average molecular weight is 396 g/mol. The Hall–Kier alpha value is -1.87. The van der Waals surface area contributed by atoms with Gasteiger partial charge in [-0.2, -0.15) is 0 Å². The highest BCUT2D eigenvalue weighted by molar-refractivity contribution is 5.37. The summed E-state index contributed by atoms with van der Waals surface area (Å²) in [6.07, 6.45) is 8.58. The normalized spacial score (nSPS) is 22.3. The first kappa shape index (κ1) is 20.4. The van der Waals surface area contributed by atoms with Crippen molar-refractivity contribution in [2.24, 2.45) is 5.92 Å². The van der Waals surface area contributed by atoms with Crippen LogP contribution in [0, 0.1) is 11.7 Å². The van der Waals surface area contributed by atoms with Crippen molar-refractivity contribution in [3.8, 4) is 5.75 Å². The quantitative estimate of drug-likeness (QED) is 0.571. The van der Waals surface area contributed by atoms with Gasteiger partial charge in [-0.15, -0.1) is 0 Å². The predicted octanol–water partition coefficient (Wildman–Crippen LogP) is 5.99. The second-order valence-corrected chi connectivity index (χ2v) is 8.81. The number of rotatable bonds is 7. The molecule has 0 N–H and O–H groups in total. The molecule has 0 amide bonds.